The third-order valence-electron chi connectivity index (χ3n) is 13.8. The Morgan fingerprint density at radius 1 is 0.246 bits per heavy atom. The number of para-hydroxylation sites is 4. The first-order chi connectivity index (χ1) is 32.3. The lowest BCUT2D eigenvalue weighted by Gasteiger charge is -2.15. The topological polar surface area (TPSA) is 14.8 Å². The average Bonchev–Trinajstić information content (AvgIpc) is 4.02. The Labute approximate surface area is 374 Å². The van der Waals surface area contributed by atoms with E-state index < -0.39 is 0 Å². The molecule has 11 aromatic carbocycles. The van der Waals surface area contributed by atoms with Gasteiger partial charge in [0.15, 0.2) is 0 Å². The Bertz CT molecular complexity index is 4220. The van der Waals surface area contributed by atoms with Crippen molar-refractivity contribution in [3.05, 3.63) is 237 Å². The molecule has 14 aromatic rings. The number of hydrogen-bond acceptors (Lipinski definition) is 0. The molecule has 0 unspecified atom stereocenters. The predicted molar refractivity (Wildman–Crippen MR) is 275 cm³/mol. The van der Waals surface area contributed by atoms with Crippen LogP contribution in [0.2, 0.25) is 0 Å². The zero-order chi connectivity index (χ0) is 42.6. The van der Waals surface area contributed by atoms with Crippen LogP contribution in [0.3, 0.4) is 0 Å². The summed E-state index contributed by atoms with van der Waals surface area (Å²) in [7, 11) is 0. The van der Waals surface area contributed by atoms with Crippen molar-refractivity contribution < 1.29 is 0 Å². The maximum absolute atomic E-state index is 2.49. The SMILES string of the molecule is c1ccc(-n2c3ccccc3c3cc(-c4cc(-c5ccc6c(c5)c5ccccc5n6-c5cccc6ccccc56)cc5c6c7ccccc7ccc6n(-c6ccccc6)c45)ccc32)cc1. The molecule has 14 rings (SSSR count). The molecule has 302 valence electrons. The van der Waals surface area contributed by atoms with Gasteiger partial charge in [-0.15, -0.1) is 0 Å². The third-order valence-corrected chi connectivity index (χ3v) is 13.8. The molecule has 0 fully saturated rings. The molecule has 0 aliphatic rings. The second-order valence-corrected chi connectivity index (χ2v) is 17.3. The van der Waals surface area contributed by atoms with Gasteiger partial charge in [-0.2, -0.15) is 0 Å². The zero-order valence-electron chi connectivity index (χ0n) is 35.4. The van der Waals surface area contributed by atoms with Gasteiger partial charge in [-0.05, 0) is 118 Å². The molecule has 0 N–H and O–H groups in total. The third kappa shape index (κ3) is 5.30. The summed E-state index contributed by atoms with van der Waals surface area (Å²) in [5, 5.41) is 12.4. The van der Waals surface area contributed by atoms with E-state index in [0.717, 1.165) is 11.4 Å². The Balaban J connectivity index is 1.09. The van der Waals surface area contributed by atoms with Gasteiger partial charge in [-0.25, -0.2) is 0 Å². The first kappa shape index (κ1) is 35.9. The monoisotopic (exact) mass is 825 g/mol. The molecular formula is C62H39N3. The Morgan fingerprint density at radius 3 is 1.46 bits per heavy atom. The van der Waals surface area contributed by atoms with E-state index in [2.05, 4.69) is 250 Å². The minimum atomic E-state index is 1.14. The number of hydrogen-bond donors (Lipinski definition) is 0. The van der Waals surface area contributed by atoms with Gasteiger partial charge in [-0.1, -0.05) is 152 Å². The molecule has 65 heavy (non-hydrogen) atoms. The first-order valence-corrected chi connectivity index (χ1v) is 22.4. The Kier molecular flexibility index (Phi) is 7.69. The molecule has 0 saturated carbocycles. The lowest BCUT2D eigenvalue weighted by Crippen LogP contribution is -1.96. The normalized spacial score (nSPS) is 12.0. The minimum Gasteiger partial charge on any atom is -0.309 e. The van der Waals surface area contributed by atoms with Crippen LogP contribution in [-0.2, 0) is 0 Å². The van der Waals surface area contributed by atoms with E-state index in [1.165, 1.54) is 115 Å². The van der Waals surface area contributed by atoms with E-state index >= 15 is 0 Å². The molecule has 0 spiro atoms. The summed E-state index contributed by atoms with van der Waals surface area (Å²) in [6.07, 6.45) is 0. The fourth-order valence-corrected chi connectivity index (χ4v) is 11.0. The van der Waals surface area contributed by atoms with E-state index in [0.29, 0.717) is 0 Å². The minimum absolute atomic E-state index is 1.14. The Hall–Kier alpha value is -8.66. The number of aromatic nitrogens is 3. The smallest absolute Gasteiger partial charge is 0.0620 e. The average molecular weight is 826 g/mol. The highest BCUT2D eigenvalue weighted by atomic mass is 15.0. The molecule has 0 bridgehead atoms. The molecule has 0 aliphatic heterocycles. The van der Waals surface area contributed by atoms with E-state index in [9.17, 15) is 0 Å². The van der Waals surface area contributed by atoms with Gasteiger partial charge in [0.05, 0.1) is 38.8 Å². The number of fused-ring (bicyclic) bond motifs is 12. The lowest BCUT2D eigenvalue weighted by molar-refractivity contribution is 1.18. The molecule has 3 aromatic heterocycles. The molecule has 0 amide bonds. The van der Waals surface area contributed by atoms with Crippen molar-refractivity contribution >= 4 is 87.0 Å². The van der Waals surface area contributed by atoms with Crippen molar-refractivity contribution in [3.8, 4) is 39.3 Å². The maximum Gasteiger partial charge on any atom is 0.0620 e. The summed E-state index contributed by atoms with van der Waals surface area (Å²) in [6.45, 7) is 0. The van der Waals surface area contributed by atoms with E-state index in [-0.39, 0.29) is 0 Å². The van der Waals surface area contributed by atoms with Crippen LogP contribution in [0, 0.1) is 0 Å². The summed E-state index contributed by atoms with van der Waals surface area (Å²) in [5.74, 6) is 0. The second kappa shape index (κ2) is 13.9. The quantitative estimate of drug-likeness (QED) is 0.164. The maximum atomic E-state index is 2.49. The second-order valence-electron chi connectivity index (χ2n) is 17.3. The fourth-order valence-electron chi connectivity index (χ4n) is 11.0. The van der Waals surface area contributed by atoms with Crippen LogP contribution in [0.4, 0.5) is 0 Å². The van der Waals surface area contributed by atoms with E-state index in [4.69, 9.17) is 0 Å². The molecule has 3 nitrogen and oxygen atoms in total. The Morgan fingerprint density at radius 2 is 0.738 bits per heavy atom. The highest BCUT2D eigenvalue weighted by Crippen LogP contribution is 2.46. The molecule has 0 aliphatic carbocycles. The lowest BCUT2D eigenvalue weighted by atomic mass is 9.93. The molecule has 3 heterocycles. The molecular weight excluding hydrogens is 787 g/mol. The zero-order valence-corrected chi connectivity index (χ0v) is 35.4. The van der Waals surface area contributed by atoms with Crippen LogP contribution < -0.4 is 0 Å². The summed E-state index contributed by atoms with van der Waals surface area (Å²) < 4.78 is 7.35. The van der Waals surface area contributed by atoms with Crippen LogP contribution in [0.15, 0.2) is 237 Å². The standard InChI is InChI=1S/C62H39N3/c1-3-19-45(20-4-1)63-56-27-13-11-25-49(56)53-37-43(32-34-58(53)63)51-38-44(39-54-61-48-24-10-8-17-41(48)30-35-60(61)64(62(51)54)46-21-5-2-6-22-46)42-31-33-59-52(36-42)50-26-12-14-28-57(50)65(59)55-29-15-18-40-16-7-9-23-47(40)55/h1-39H. The highest BCUT2D eigenvalue weighted by molar-refractivity contribution is 6.25. The molecule has 0 atom stereocenters. The van der Waals surface area contributed by atoms with Gasteiger partial charge in [0.2, 0.25) is 0 Å². The summed E-state index contributed by atoms with van der Waals surface area (Å²) in [5.41, 5.74) is 15.4. The van der Waals surface area contributed by atoms with Gasteiger partial charge in [0.1, 0.15) is 0 Å². The van der Waals surface area contributed by atoms with Gasteiger partial charge in [-0.3, -0.25) is 0 Å². The summed E-state index contributed by atoms with van der Waals surface area (Å²) in [6, 6.07) is 87.2. The van der Waals surface area contributed by atoms with Crippen LogP contribution in [0.5, 0.6) is 0 Å². The fraction of sp³-hybridized carbons (Fsp3) is 0. The van der Waals surface area contributed by atoms with Gasteiger partial charge < -0.3 is 13.7 Å². The molecule has 0 saturated heterocycles. The predicted octanol–water partition coefficient (Wildman–Crippen LogP) is 16.6. The van der Waals surface area contributed by atoms with Crippen LogP contribution in [0.25, 0.3) is 126 Å². The van der Waals surface area contributed by atoms with Crippen molar-refractivity contribution in [3.63, 3.8) is 0 Å². The van der Waals surface area contributed by atoms with Crippen molar-refractivity contribution in [2.45, 2.75) is 0 Å². The van der Waals surface area contributed by atoms with Crippen molar-refractivity contribution in [1.29, 1.82) is 0 Å². The van der Waals surface area contributed by atoms with Crippen LogP contribution in [-0.4, -0.2) is 13.7 Å². The van der Waals surface area contributed by atoms with Crippen LogP contribution in [0.1, 0.15) is 0 Å². The van der Waals surface area contributed by atoms with Crippen molar-refractivity contribution in [2.75, 3.05) is 0 Å². The van der Waals surface area contributed by atoms with Gasteiger partial charge in [0, 0.05) is 54.6 Å². The van der Waals surface area contributed by atoms with Gasteiger partial charge >= 0.3 is 0 Å². The van der Waals surface area contributed by atoms with Gasteiger partial charge in [0.25, 0.3) is 0 Å². The van der Waals surface area contributed by atoms with Crippen molar-refractivity contribution in [1.82, 2.24) is 13.7 Å². The molecule has 3 heteroatoms. The highest BCUT2D eigenvalue weighted by Gasteiger charge is 2.23. The van der Waals surface area contributed by atoms with Crippen LogP contribution >= 0.6 is 0 Å². The van der Waals surface area contributed by atoms with E-state index in [1.54, 1.807) is 0 Å². The number of benzene rings is 11. The number of nitrogens with zero attached hydrogens (tertiary/aromatic N) is 3. The van der Waals surface area contributed by atoms with E-state index in [1.807, 2.05) is 0 Å². The molecule has 0 radical (unpaired) electrons. The van der Waals surface area contributed by atoms with Crippen molar-refractivity contribution in [2.24, 2.45) is 0 Å². The summed E-state index contributed by atoms with van der Waals surface area (Å²) in [4.78, 5) is 0. The first-order valence-electron chi connectivity index (χ1n) is 22.4. The largest absolute Gasteiger partial charge is 0.309 e. The summed E-state index contributed by atoms with van der Waals surface area (Å²) >= 11 is 0. The number of rotatable bonds is 5.